The monoisotopic (exact) mass is 282 g/mol. The van der Waals surface area contributed by atoms with E-state index in [4.69, 9.17) is 16.3 Å². The highest BCUT2D eigenvalue weighted by atomic mass is 35.5. The van der Waals surface area contributed by atoms with Crippen LogP contribution in [-0.4, -0.2) is 12.5 Å². The van der Waals surface area contributed by atoms with Crippen molar-refractivity contribution in [2.24, 2.45) is 0 Å². The Kier molecular flexibility index (Phi) is 3.89. The predicted octanol–water partition coefficient (Wildman–Crippen LogP) is 4.97. The van der Waals surface area contributed by atoms with Gasteiger partial charge in [0, 0.05) is 5.39 Å². The molecule has 0 aromatic heterocycles. The molecular weight excluding hydrogens is 268 g/mol. The summed E-state index contributed by atoms with van der Waals surface area (Å²) >= 11 is 5.70. The first kappa shape index (κ1) is 13.0. The molecule has 0 amide bonds. The van der Waals surface area contributed by atoms with Crippen LogP contribution in [0.15, 0.2) is 66.3 Å². The third-order valence-corrected chi connectivity index (χ3v) is 3.42. The minimum atomic E-state index is 0.496. The van der Waals surface area contributed by atoms with Crippen molar-refractivity contribution in [1.82, 2.24) is 0 Å². The first-order chi connectivity index (χ1) is 9.88. The average molecular weight is 283 g/mol. The average Bonchev–Trinajstić information content (AvgIpc) is 2.99. The van der Waals surface area contributed by atoms with Crippen LogP contribution in [0.25, 0.3) is 16.8 Å². The van der Waals surface area contributed by atoms with Crippen LogP contribution in [0.5, 0.6) is 5.75 Å². The quantitative estimate of drug-likeness (QED) is 0.720. The van der Waals surface area contributed by atoms with Gasteiger partial charge in [0.15, 0.2) is 0 Å². The molecule has 2 aromatic carbocycles. The SMILES string of the molecule is ClCCOc1ccc(C=C2C=CC=C2)c2ccccc12. The lowest BCUT2D eigenvalue weighted by Crippen LogP contribution is -1.98. The Balaban J connectivity index is 2.08. The summed E-state index contributed by atoms with van der Waals surface area (Å²) in [6.07, 6.45) is 10.5. The fourth-order valence-electron chi connectivity index (χ4n) is 2.36. The van der Waals surface area contributed by atoms with Gasteiger partial charge >= 0.3 is 0 Å². The molecule has 0 fully saturated rings. The standard InChI is InChI=1S/C18H15ClO/c19-11-12-20-18-10-9-15(13-14-5-1-2-6-14)16-7-3-4-8-17(16)18/h1-10,13H,11-12H2. The first-order valence-electron chi connectivity index (χ1n) is 6.65. The number of halogens is 1. The van der Waals surface area contributed by atoms with E-state index >= 15 is 0 Å². The summed E-state index contributed by atoms with van der Waals surface area (Å²) in [6.45, 7) is 0.525. The van der Waals surface area contributed by atoms with Gasteiger partial charge in [-0.15, -0.1) is 11.6 Å². The fourth-order valence-corrected chi connectivity index (χ4v) is 2.44. The number of allylic oxidation sites excluding steroid dienone is 5. The molecule has 0 spiro atoms. The number of hydrogen-bond acceptors (Lipinski definition) is 1. The van der Waals surface area contributed by atoms with Gasteiger partial charge in [0.2, 0.25) is 0 Å². The summed E-state index contributed by atoms with van der Waals surface area (Å²) < 4.78 is 5.71. The molecule has 0 bridgehead atoms. The van der Waals surface area contributed by atoms with Gasteiger partial charge in [-0.25, -0.2) is 0 Å². The third-order valence-electron chi connectivity index (χ3n) is 3.26. The summed E-state index contributed by atoms with van der Waals surface area (Å²) in [5, 5.41) is 2.32. The van der Waals surface area contributed by atoms with E-state index in [1.807, 2.05) is 24.3 Å². The maximum Gasteiger partial charge on any atom is 0.127 e. The van der Waals surface area contributed by atoms with Crippen molar-refractivity contribution in [2.75, 3.05) is 12.5 Å². The lowest BCUT2D eigenvalue weighted by molar-refractivity contribution is 0.347. The zero-order valence-corrected chi connectivity index (χ0v) is 11.8. The van der Waals surface area contributed by atoms with Crippen LogP contribution in [0.3, 0.4) is 0 Å². The highest BCUT2D eigenvalue weighted by molar-refractivity contribution is 6.18. The second kappa shape index (κ2) is 5.98. The molecular formula is C18H15ClO. The number of benzene rings is 2. The van der Waals surface area contributed by atoms with Crippen molar-refractivity contribution in [2.45, 2.75) is 0 Å². The number of alkyl halides is 1. The molecule has 0 saturated carbocycles. The Bertz CT molecular complexity index is 696. The van der Waals surface area contributed by atoms with Gasteiger partial charge in [-0.1, -0.05) is 54.6 Å². The van der Waals surface area contributed by atoms with Gasteiger partial charge in [-0.3, -0.25) is 0 Å². The van der Waals surface area contributed by atoms with Crippen LogP contribution < -0.4 is 4.74 Å². The summed E-state index contributed by atoms with van der Waals surface area (Å²) in [6, 6.07) is 12.4. The molecule has 1 aliphatic rings. The largest absolute Gasteiger partial charge is 0.492 e. The lowest BCUT2D eigenvalue weighted by Gasteiger charge is -2.10. The zero-order valence-electron chi connectivity index (χ0n) is 11.1. The molecule has 0 N–H and O–H groups in total. The second-order valence-corrected chi connectivity index (χ2v) is 4.98. The van der Waals surface area contributed by atoms with Gasteiger partial charge < -0.3 is 4.74 Å². The fraction of sp³-hybridized carbons (Fsp3) is 0.111. The number of fused-ring (bicyclic) bond motifs is 1. The van der Waals surface area contributed by atoms with E-state index < -0.39 is 0 Å². The first-order valence-corrected chi connectivity index (χ1v) is 7.19. The minimum absolute atomic E-state index is 0.496. The van der Waals surface area contributed by atoms with Crippen molar-refractivity contribution < 1.29 is 4.74 Å². The van der Waals surface area contributed by atoms with Crippen molar-refractivity contribution in [1.29, 1.82) is 0 Å². The molecule has 2 aromatic rings. The van der Waals surface area contributed by atoms with Crippen LogP contribution in [0.1, 0.15) is 5.56 Å². The number of ether oxygens (including phenoxy) is 1. The van der Waals surface area contributed by atoms with Crippen molar-refractivity contribution in [3.63, 3.8) is 0 Å². The second-order valence-electron chi connectivity index (χ2n) is 4.60. The molecule has 0 atom stereocenters. The topological polar surface area (TPSA) is 9.23 Å². The van der Waals surface area contributed by atoms with E-state index in [-0.39, 0.29) is 0 Å². The molecule has 0 unspecified atom stereocenters. The molecule has 100 valence electrons. The van der Waals surface area contributed by atoms with Gasteiger partial charge in [-0.05, 0) is 28.7 Å². The summed E-state index contributed by atoms with van der Waals surface area (Å²) in [5.74, 6) is 1.39. The van der Waals surface area contributed by atoms with Gasteiger partial charge in [0.25, 0.3) is 0 Å². The normalized spacial score (nSPS) is 13.2. The Morgan fingerprint density at radius 3 is 2.45 bits per heavy atom. The highest BCUT2D eigenvalue weighted by Gasteiger charge is 2.05. The summed E-state index contributed by atoms with van der Waals surface area (Å²) in [4.78, 5) is 0. The number of hydrogen-bond donors (Lipinski definition) is 0. The summed E-state index contributed by atoms with van der Waals surface area (Å²) in [7, 11) is 0. The number of rotatable bonds is 4. The summed E-state index contributed by atoms with van der Waals surface area (Å²) in [5.41, 5.74) is 2.41. The molecule has 0 heterocycles. The van der Waals surface area contributed by atoms with E-state index in [1.165, 1.54) is 16.5 Å². The molecule has 1 aliphatic carbocycles. The van der Waals surface area contributed by atoms with Gasteiger partial charge in [0.1, 0.15) is 12.4 Å². The maximum atomic E-state index is 5.71. The Morgan fingerprint density at radius 2 is 1.70 bits per heavy atom. The van der Waals surface area contributed by atoms with Gasteiger partial charge in [-0.2, -0.15) is 0 Å². The van der Waals surface area contributed by atoms with Crippen LogP contribution in [-0.2, 0) is 0 Å². The van der Waals surface area contributed by atoms with Crippen LogP contribution in [0.4, 0.5) is 0 Å². The van der Waals surface area contributed by atoms with E-state index in [1.54, 1.807) is 0 Å². The maximum absolute atomic E-state index is 5.71. The zero-order chi connectivity index (χ0) is 13.8. The van der Waals surface area contributed by atoms with E-state index in [0.29, 0.717) is 12.5 Å². The van der Waals surface area contributed by atoms with Crippen LogP contribution >= 0.6 is 11.6 Å². The molecule has 2 heteroatoms. The minimum Gasteiger partial charge on any atom is -0.492 e. The Morgan fingerprint density at radius 1 is 0.950 bits per heavy atom. The van der Waals surface area contributed by atoms with Crippen molar-refractivity contribution >= 4 is 28.4 Å². The van der Waals surface area contributed by atoms with Crippen molar-refractivity contribution in [3.05, 3.63) is 71.8 Å². The van der Waals surface area contributed by atoms with E-state index in [0.717, 1.165) is 11.1 Å². The molecule has 3 rings (SSSR count). The molecule has 20 heavy (non-hydrogen) atoms. The van der Waals surface area contributed by atoms with E-state index in [2.05, 4.69) is 42.5 Å². The van der Waals surface area contributed by atoms with Crippen LogP contribution in [0.2, 0.25) is 0 Å². The molecule has 0 saturated heterocycles. The molecule has 0 radical (unpaired) electrons. The van der Waals surface area contributed by atoms with E-state index in [9.17, 15) is 0 Å². The smallest absolute Gasteiger partial charge is 0.127 e. The van der Waals surface area contributed by atoms with Crippen LogP contribution in [0, 0.1) is 0 Å². The lowest BCUT2D eigenvalue weighted by atomic mass is 10.0. The molecule has 0 aliphatic heterocycles. The third kappa shape index (κ3) is 2.63. The van der Waals surface area contributed by atoms with Gasteiger partial charge in [0.05, 0.1) is 5.88 Å². The molecule has 1 nitrogen and oxygen atoms in total. The Labute approximate surface area is 123 Å². The highest BCUT2D eigenvalue weighted by Crippen LogP contribution is 2.30. The van der Waals surface area contributed by atoms with Crippen molar-refractivity contribution in [3.8, 4) is 5.75 Å². The predicted molar refractivity (Wildman–Crippen MR) is 86.4 cm³/mol. The Hall–Kier alpha value is -1.99.